The first kappa shape index (κ1) is 20.5. The van der Waals surface area contributed by atoms with Crippen molar-refractivity contribution in [3.63, 3.8) is 0 Å². The maximum Gasteiger partial charge on any atom is 0.233 e. The third kappa shape index (κ3) is 3.81. The van der Waals surface area contributed by atoms with Crippen LogP contribution in [0, 0.1) is 23.7 Å². The highest BCUT2D eigenvalue weighted by atomic mass is 16.2. The fourth-order valence-corrected chi connectivity index (χ4v) is 5.30. The Balaban J connectivity index is 1.11. The highest BCUT2D eigenvalue weighted by Gasteiger charge is 2.58. The van der Waals surface area contributed by atoms with Crippen LogP contribution >= 0.6 is 0 Å². The Morgan fingerprint density at radius 3 is 2.53 bits per heavy atom. The van der Waals surface area contributed by atoms with Crippen LogP contribution in [0.2, 0.25) is 0 Å². The first-order chi connectivity index (χ1) is 15.6. The van der Waals surface area contributed by atoms with E-state index >= 15 is 0 Å². The lowest BCUT2D eigenvalue weighted by molar-refractivity contribution is -0.140. The Kier molecular flexibility index (Phi) is 5.51. The average Bonchev–Trinajstić information content (AvgIpc) is 3.58. The van der Waals surface area contributed by atoms with E-state index in [4.69, 9.17) is 0 Å². The molecule has 5 rings (SSSR count). The number of aromatic nitrogens is 2. The van der Waals surface area contributed by atoms with Gasteiger partial charge in [0.2, 0.25) is 11.8 Å². The highest BCUT2D eigenvalue weighted by Crippen LogP contribution is 2.52. The summed E-state index contributed by atoms with van der Waals surface area (Å²) in [6.45, 7) is 2.18. The summed E-state index contributed by atoms with van der Waals surface area (Å²) in [5.41, 5.74) is 2.31. The van der Waals surface area contributed by atoms with E-state index in [0.717, 1.165) is 18.5 Å². The minimum Gasteiger partial charge on any atom is -0.355 e. The van der Waals surface area contributed by atoms with Crippen LogP contribution < -0.4 is 10.6 Å². The number of likely N-dealkylation sites (tertiary alicyclic amines) is 1. The summed E-state index contributed by atoms with van der Waals surface area (Å²) in [6, 6.07) is 10.2. The standard InChI is InChI=1S/C24H28N6O2/c1-25-24(27-14-16-4-2-5-17(12-16)15-29-10-3-8-28-29)26-9-11-30-22(31)20-18-6-7-19(13-18)21(20)23(30)32/h2-8,10,12,18-21H,9,11,13-15H2,1H3,(H2,25,26,27). The third-order valence-electron chi connectivity index (χ3n) is 6.77. The first-order valence-corrected chi connectivity index (χ1v) is 11.2. The number of hydrogen-bond donors (Lipinski definition) is 2. The molecule has 8 heteroatoms. The number of nitrogens with zero attached hydrogens (tertiary/aromatic N) is 4. The van der Waals surface area contributed by atoms with E-state index in [9.17, 15) is 9.59 Å². The van der Waals surface area contributed by atoms with E-state index in [-0.39, 0.29) is 35.5 Å². The van der Waals surface area contributed by atoms with Crippen molar-refractivity contribution in [2.75, 3.05) is 20.1 Å². The fourth-order valence-electron chi connectivity index (χ4n) is 5.30. The molecule has 1 aliphatic heterocycles. The molecule has 1 saturated heterocycles. The van der Waals surface area contributed by atoms with Crippen molar-refractivity contribution < 1.29 is 9.59 Å². The van der Waals surface area contributed by atoms with Crippen LogP contribution in [0.15, 0.2) is 59.9 Å². The largest absolute Gasteiger partial charge is 0.355 e. The molecule has 4 unspecified atom stereocenters. The maximum absolute atomic E-state index is 12.8. The van der Waals surface area contributed by atoms with Crippen LogP contribution in [-0.2, 0) is 22.7 Å². The number of aliphatic imine (C=N–C) groups is 1. The monoisotopic (exact) mass is 432 g/mol. The number of carbonyl (C=O) groups excluding carboxylic acids is 2. The lowest BCUT2D eigenvalue weighted by atomic mass is 9.85. The summed E-state index contributed by atoms with van der Waals surface area (Å²) in [7, 11) is 1.71. The lowest BCUT2D eigenvalue weighted by Crippen LogP contribution is -2.43. The molecular formula is C24H28N6O2. The van der Waals surface area contributed by atoms with Crippen molar-refractivity contribution in [1.82, 2.24) is 25.3 Å². The molecule has 2 heterocycles. The van der Waals surface area contributed by atoms with Crippen LogP contribution in [0.4, 0.5) is 0 Å². The Labute approximate surface area is 187 Å². The number of nitrogens with one attached hydrogen (secondary N) is 2. The number of benzene rings is 1. The molecule has 0 radical (unpaired) electrons. The van der Waals surface area contributed by atoms with Crippen LogP contribution in [0.5, 0.6) is 0 Å². The maximum atomic E-state index is 12.8. The van der Waals surface area contributed by atoms with Crippen LogP contribution in [0.25, 0.3) is 0 Å². The van der Waals surface area contributed by atoms with Gasteiger partial charge >= 0.3 is 0 Å². The van der Waals surface area contributed by atoms with Gasteiger partial charge in [0.25, 0.3) is 0 Å². The summed E-state index contributed by atoms with van der Waals surface area (Å²) in [4.78, 5) is 31.3. The predicted molar refractivity (Wildman–Crippen MR) is 120 cm³/mol. The first-order valence-electron chi connectivity index (χ1n) is 11.2. The van der Waals surface area contributed by atoms with Gasteiger partial charge < -0.3 is 10.6 Å². The number of carbonyl (C=O) groups is 2. The Morgan fingerprint density at radius 1 is 1.09 bits per heavy atom. The molecule has 2 aromatic rings. The Morgan fingerprint density at radius 2 is 1.84 bits per heavy atom. The quantitative estimate of drug-likeness (QED) is 0.299. The number of fused-ring (bicyclic) bond motifs is 5. The zero-order valence-electron chi connectivity index (χ0n) is 18.1. The van der Waals surface area contributed by atoms with Gasteiger partial charge in [-0.3, -0.25) is 24.2 Å². The summed E-state index contributed by atoms with van der Waals surface area (Å²) in [5.74, 6) is 0.860. The SMILES string of the molecule is CN=C(NCCN1C(=O)C2C3C=CC(C3)C2C1=O)NCc1cccc(Cn2cccn2)c1. The molecular weight excluding hydrogens is 404 g/mol. The minimum absolute atomic E-state index is 0.00408. The molecule has 1 aromatic carbocycles. The molecule has 3 aliphatic rings. The van der Waals surface area contributed by atoms with E-state index in [1.54, 1.807) is 13.2 Å². The smallest absolute Gasteiger partial charge is 0.233 e. The average molecular weight is 433 g/mol. The number of hydrogen-bond acceptors (Lipinski definition) is 4. The molecule has 2 N–H and O–H groups in total. The van der Waals surface area contributed by atoms with Crippen LogP contribution in [-0.4, -0.2) is 52.6 Å². The van der Waals surface area contributed by atoms with Crippen LogP contribution in [0.1, 0.15) is 17.5 Å². The normalized spacial score (nSPS) is 26.2. The summed E-state index contributed by atoms with van der Waals surface area (Å²) < 4.78 is 1.89. The summed E-state index contributed by atoms with van der Waals surface area (Å²) in [5, 5.41) is 10.8. The fraction of sp³-hybridized carbons (Fsp3) is 0.417. The molecule has 1 aromatic heterocycles. The van der Waals surface area contributed by atoms with Crippen molar-refractivity contribution in [3.8, 4) is 0 Å². The minimum atomic E-state index is -0.135. The second-order valence-electron chi connectivity index (χ2n) is 8.70. The zero-order valence-corrected chi connectivity index (χ0v) is 18.1. The van der Waals surface area contributed by atoms with Gasteiger partial charge in [-0.05, 0) is 35.4 Å². The van der Waals surface area contributed by atoms with Crippen molar-refractivity contribution >= 4 is 17.8 Å². The van der Waals surface area contributed by atoms with E-state index in [1.165, 1.54) is 10.5 Å². The van der Waals surface area contributed by atoms with Crippen molar-refractivity contribution in [2.24, 2.45) is 28.7 Å². The second-order valence-corrected chi connectivity index (χ2v) is 8.70. The van der Waals surface area contributed by atoms with Gasteiger partial charge in [0, 0.05) is 39.1 Å². The van der Waals surface area contributed by atoms with Gasteiger partial charge in [0.1, 0.15) is 0 Å². The molecule has 166 valence electrons. The van der Waals surface area contributed by atoms with Gasteiger partial charge in [-0.1, -0.05) is 36.4 Å². The molecule has 2 fully saturated rings. The zero-order chi connectivity index (χ0) is 22.1. The molecule has 2 aliphatic carbocycles. The van der Waals surface area contributed by atoms with Crippen LogP contribution in [0.3, 0.4) is 0 Å². The third-order valence-corrected chi connectivity index (χ3v) is 6.77. The van der Waals surface area contributed by atoms with E-state index < -0.39 is 0 Å². The molecule has 2 bridgehead atoms. The molecule has 2 amide bonds. The van der Waals surface area contributed by atoms with Gasteiger partial charge in [-0.2, -0.15) is 5.10 Å². The molecule has 1 saturated carbocycles. The van der Waals surface area contributed by atoms with Gasteiger partial charge in [0.15, 0.2) is 5.96 Å². The molecule has 4 atom stereocenters. The van der Waals surface area contributed by atoms with E-state index in [2.05, 4.69) is 51.1 Å². The number of amides is 2. The van der Waals surface area contributed by atoms with Crippen molar-refractivity contribution in [1.29, 1.82) is 0 Å². The number of rotatable bonds is 7. The van der Waals surface area contributed by atoms with Gasteiger partial charge in [0.05, 0.1) is 18.4 Å². The molecule has 0 spiro atoms. The summed E-state index contributed by atoms with van der Waals surface area (Å²) >= 11 is 0. The van der Waals surface area contributed by atoms with E-state index in [1.807, 2.05) is 23.0 Å². The lowest BCUT2D eigenvalue weighted by Gasteiger charge is -2.18. The summed E-state index contributed by atoms with van der Waals surface area (Å²) in [6.07, 6.45) is 8.92. The van der Waals surface area contributed by atoms with Crippen molar-refractivity contribution in [3.05, 3.63) is 66.0 Å². The Bertz CT molecular complexity index is 1030. The van der Waals surface area contributed by atoms with Gasteiger partial charge in [-0.25, -0.2) is 0 Å². The number of guanidine groups is 1. The van der Waals surface area contributed by atoms with E-state index in [0.29, 0.717) is 25.6 Å². The number of imide groups is 1. The number of allylic oxidation sites excluding steroid dienone is 2. The van der Waals surface area contributed by atoms with Gasteiger partial charge in [-0.15, -0.1) is 0 Å². The second kappa shape index (κ2) is 8.61. The molecule has 32 heavy (non-hydrogen) atoms. The Hall–Kier alpha value is -3.42. The molecule has 8 nitrogen and oxygen atoms in total. The topological polar surface area (TPSA) is 91.6 Å². The highest BCUT2D eigenvalue weighted by molar-refractivity contribution is 6.06. The predicted octanol–water partition coefficient (Wildman–Crippen LogP) is 1.40. The van der Waals surface area contributed by atoms with Crippen molar-refractivity contribution in [2.45, 2.75) is 19.5 Å².